The van der Waals surface area contributed by atoms with Gasteiger partial charge in [0.25, 0.3) is 0 Å². The second-order valence-corrected chi connectivity index (χ2v) is 3.97. The maximum absolute atomic E-state index is 13.2. The normalized spacial score (nSPS) is 10.7. The first-order chi connectivity index (χ1) is 8.15. The number of furan rings is 1. The number of aryl methyl sites for hydroxylation is 1. The van der Waals surface area contributed by atoms with Crippen LogP contribution in [0.2, 0.25) is 0 Å². The van der Waals surface area contributed by atoms with Gasteiger partial charge in [-0.3, -0.25) is 0 Å². The molecule has 0 radical (unpaired) electrons. The molecular weight excluding hydrogens is 219 g/mol. The van der Waals surface area contributed by atoms with Gasteiger partial charge in [-0.15, -0.1) is 0 Å². The van der Waals surface area contributed by atoms with Crippen LogP contribution in [0.1, 0.15) is 17.1 Å². The summed E-state index contributed by atoms with van der Waals surface area (Å²) >= 11 is 0. The molecule has 3 N–H and O–H groups in total. The number of hydrogen-bond acceptors (Lipinski definition) is 3. The van der Waals surface area contributed by atoms with Gasteiger partial charge in [0.1, 0.15) is 17.3 Å². The first-order valence-corrected chi connectivity index (χ1v) is 5.45. The molecule has 0 unspecified atom stereocenters. The number of nitrogen functional groups attached to an aromatic ring is 1. The van der Waals surface area contributed by atoms with E-state index >= 15 is 0 Å². The fourth-order valence-corrected chi connectivity index (χ4v) is 1.59. The molecule has 3 nitrogen and oxygen atoms in total. The van der Waals surface area contributed by atoms with Gasteiger partial charge in [-0.25, -0.2) is 4.39 Å². The molecule has 2 aromatic rings. The zero-order chi connectivity index (χ0) is 12.3. The molecule has 0 saturated carbocycles. The Bertz CT molecular complexity index is 508. The molecule has 1 heterocycles. The van der Waals surface area contributed by atoms with E-state index in [4.69, 9.17) is 10.2 Å². The minimum atomic E-state index is -0.377. The average molecular weight is 234 g/mol. The van der Waals surface area contributed by atoms with Gasteiger partial charge in [-0.05, 0) is 36.8 Å². The summed E-state index contributed by atoms with van der Waals surface area (Å²) in [4.78, 5) is 0. The van der Waals surface area contributed by atoms with Gasteiger partial charge in [-0.1, -0.05) is 6.07 Å². The van der Waals surface area contributed by atoms with Crippen molar-refractivity contribution in [3.63, 3.8) is 0 Å². The summed E-state index contributed by atoms with van der Waals surface area (Å²) in [7, 11) is 0. The van der Waals surface area contributed by atoms with E-state index in [1.54, 1.807) is 12.1 Å². The molecule has 0 aliphatic rings. The molecule has 0 saturated heterocycles. The third-order valence-electron chi connectivity index (χ3n) is 2.49. The van der Waals surface area contributed by atoms with Crippen molar-refractivity contribution in [2.45, 2.75) is 20.0 Å². The molecule has 0 spiro atoms. The lowest BCUT2D eigenvalue weighted by atomic mass is 10.2. The van der Waals surface area contributed by atoms with Crippen LogP contribution in [0, 0.1) is 12.7 Å². The highest BCUT2D eigenvalue weighted by molar-refractivity contribution is 5.41. The van der Waals surface area contributed by atoms with Gasteiger partial charge >= 0.3 is 0 Å². The number of anilines is 1. The van der Waals surface area contributed by atoms with Crippen LogP contribution in [0.15, 0.2) is 34.7 Å². The van der Waals surface area contributed by atoms with Crippen molar-refractivity contribution in [1.29, 1.82) is 0 Å². The molecular formula is C13H15FN2O. The van der Waals surface area contributed by atoms with Crippen LogP contribution in [0.3, 0.4) is 0 Å². The molecule has 4 heteroatoms. The van der Waals surface area contributed by atoms with Crippen LogP contribution in [0.5, 0.6) is 0 Å². The zero-order valence-corrected chi connectivity index (χ0v) is 9.66. The molecule has 90 valence electrons. The fraction of sp³-hybridized carbons (Fsp3) is 0.231. The lowest BCUT2D eigenvalue weighted by Gasteiger charge is -2.04. The number of hydrogen-bond donors (Lipinski definition) is 2. The summed E-state index contributed by atoms with van der Waals surface area (Å²) in [6, 6.07) is 8.66. The van der Waals surface area contributed by atoms with Gasteiger partial charge in [0.15, 0.2) is 0 Å². The summed E-state index contributed by atoms with van der Waals surface area (Å²) in [5, 5.41) is 3.18. The quantitative estimate of drug-likeness (QED) is 0.799. The molecule has 0 fully saturated rings. The molecule has 1 aromatic carbocycles. The van der Waals surface area contributed by atoms with Crippen molar-refractivity contribution in [2.75, 3.05) is 5.73 Å². The van der Waals surface area contributed by atoms with Crippen molar-refractivity contribution < 1.29 is 8.81 Å². The minimum Gasteiger partial charge on any atom is -0.465 e. The number of halogens is 1. The van der Waals surface area contributed by atoms with E-state index in [2.05, 4.69) is 5.32 Å². The lowest BCUT2D eigenvalue weighted by Crippen LogP contribution is -2.12. The van der Waals surface area contributed by atoms with Crippen molar-refractivity contribution in [3.8, 4) is 0 Å². The first kappa shape index (κ1) is 11.7. The topological polar surface area (TPSA) is 51.2 Å². The highest BCUT2D eigenvalue weighted by Crippen LogP contribution is 2.12. The van der Waals surface area contributed by atoms with Crippen molar-refractivity contribution >= 4 is 5.69 Å². The maximum atomic E-state index is 13.2. The predicted octanol–water partition coefficient (Wildman–Crippen LogP) is 2.60. The Morgan fingerprint density at radius 3 is 2.71 bits per heavy atom. The third kappa shape index (κ3) is 3.07. The summed E-state index contributed by atoms with van der Waals surface area (Å²) in [5.74, 6) is 1.39. The number of benzene rings is 1. The zero-order valence-electron chi connectivity index (χ0n) is 9.66. The number of rotatable bonds is 4. The Labute approximate surface area is 99.4 Å². The fourth-order valence-electron chi connectivity index (χ4n) is 1.59. The minimum absolute atomic E-state index is 0.176. The Hall–Kier alpha value is -1.81. The van der Waals surface area contributed by atoms with Gasteiger partial charge in [0.05, 0.1) is 12.2 Å². The number of nitrogens with one attached hydrogen (secondary N) is 1. The standard InChI is InChI=1S/C13H15FN2O/c1-9-2-4-11(17-9)8-16-7-10-3-5-13(15)12(14)6-10/h2-6,16H,7-8,15H2,1H3. The second kappa shape index (κ2) is 5.01. The van der Waals surface area contributed by atoms with Crippen molar-refractivity contribution in [3.05, 3.63) is 53.2 Å². The highest BCUT2D eigenvalue weighted by atomic mass is 19.1. The molecule has 0 aliphatic heterocycles. The second-order valence-electron chi connectivity index (χ2n) is 3.97. The Morgan fingerprint density at radius 1 is 1.24 bits per heavy atom. The molecule has 1 aromatic heterocycles. The van der Waals surface area contributed by atoms with Crippen LogP contribution >= 0.6 is 0 Å². The first-order valence-electron chi connectivity index (χ1n) is 5.45. The largest absolute Gasteiger partial charge is 0.465 e. The van der Waals surface area contributed by atoms with Gasteiger partial charge in [0.2, 0.25) is 0 Å². The molecule has 0 amide bonds. The predicted molar refractivity (Wildman–Crippen MR) is 64.8 cm³/mol. The Balaban J connectivity index is 1.87. The van der Waals surface area contributed by atoms with Crippen molar-refractivity contribution in [2.24, 2.45) is 0 Å². The van der Waals surface area contributed by atoms with Crippen LogP contribution in [-0.4, -0.2) is 0 Å². The van der Waals surface area contributed by atoms with Crippen LogP contribution in [0.4, 0.5) is 10.1 Å². The molecule has 0 aliphatic carbocycles. The van der Waals surface area contributed by atoms with E-state index in [-0.39, 0.29) is 11.5 Å². The summed E-state index contributed by atoms with van der Waals surface area (Å²) < 4.78 is 18.6. The maximum Gasteiger partial charge on any atom is 0.146 e. The van der Waals surface area contributed by atoms with E-state index in [0.29, 0.717) is 13.1 Å². The molecule has 17 heavy (non-hydrogen) atoms. The SMILES string of the molecule is Cc1ccc(CNCc2ccc(N)c(F)c2)o1. The number of nitrogens with two attached hydrogens (primary N) is 1. The van der Waals surface area contributed by atoms with Crippen LogP contribution in [0.25, 0.3) is 0 Å². The van der Waals surface area contributed by atoms with E-state index in [0.717, 1.165) is 17.1 Å². The van der Waals surface area contributed by atoms with E-state index < -0.39 is 0 Å². The Morgan fingerprint density at radius 2 is 2.06 bits per heavy atom. The van der Waals surface area contributed by atoms with Gasteiger partial charge in [-0.2, -0.15) is 0 Å². The van der Waals surface area contributed by atoms with E-state index in [1.807, 2.05) is 19.1 Å². The summed E-state index contributed by atoms with van der Waals surface area (Å²) in [6.07, 6.45) is 0. The van der Waals surface area contributed by atoms with Crippen molar-refractivity contribution in [1.82, 2.24) is 5.32 Å². The summed E-state index contributed by atoms with van der Waals surface area (Å²) in [6.45, 7) is 3.11. The van der Waals surface area contributed by atoms with Crippen LogP contribution < -0.4 is 11.1 Å². The smallest absolute Gasteiger partial charge is 0.146 e. The molecule has 0 atom stereocenters. The highest BCUT2D eigenvalue weighted by Gasteiger charge is 2.01. The molecule has 0 bridgehead atoms. The van der Waals surface area contributed by atoms with Gasteiger partial charge in [0, 0.05) is 6.54 Å². The summed E-state index contributed by atoms with van der Waals surface area (Å²) in [5.41, 5.74) is 6.44. The Kier molecular flexibility index (Phi) is 3.44. The lowest BCUT2D eigenvalue weighted by molar-refractivity contribution is 0.461. The van der Waals surface area contributed by atoms with E-state index in [1.165, 1.54) is 6.07 Å². The molecule has 2 rings (SSSR count). The average Bonchev–Trinajstić information content (AvgIpc) is 2.70. The monoisotopic (exact) mass is 234 g/mol. The van der Waals surface area contributed by atoms with Gasteiger partial charge < -0.3 is 15.5 Å². The van der Waals surface area contributed by atoms with E-state index in [9.17, 15) is 4.39 Å². The van der Waals surface area contributed by atoms with Crippen LogP contribution in [-0.2, 0) is 13.1 Å². The third-order valence-corrected chi connectivity index (χ3v) is 2.49.